The first kappa shape index (κ1) is 14.3. The first-order chi connectivity index (χ1) is 8.61. The minimum absolute atomic E-state index is 0.111. The number of halogens is 1. The molecule has 1 unspecified atom stereocenters. The van der Waals surface area contributed by atoms with Crippen LogP contribution in [0.2, 0.25) is 0 Å². The van der Waals surface area contributed by atoms with Gasteiger partial charge in [0.25, 0.3) is 0 Å². The van der Waals surface area contributed by atoms with Crippen LogP contribution < -0.4 is 5.32 Å². The molecule has 0 aliphatic heterocycles. The van der Waals surface area contributed by atoms with Crippen LogP contribution in [0.15, 0.2) is 30.3 Å². The maximum Gasteiger partial charge on any atom is 0.244 e. The fourth-order valence-electron chi connectivity index (χ4n) is 1.31. The Bertz CT molecular complexity index is 420. The van der Waals surface area contributed by atoms with Gasteiger partial charge in [-0.2, -0.15) is 0 Å². The highest BCUT2D eigenvalue weighted by Crippen LogP contribution is 2.04. The van der Waals surface area contributed by atoms with Gasteiger partial charge in [0.2, 0.25) is 5.91 Å². The lowest BCUT2D eigenvalue weighted by molar-refractivity contribution is -0.117. The molecule has 1 rings (SSSR count). The summed E-state index contributed by atoms with van der Waals surface area (Å²) in [7, 11) is 1.47. The van der Waals surface area contributed by atoms with E-state index in [0.717, 1.165) is 0 Å². The van der Waals surface area contributed by atoms with Crippen molar-refractivity contribution in [3.63, 3.8) is 0 Å². The summed E-state index contributed by atoms with van der Waals surface area (Å²) in [5.41, 5.74) is 0.600. The van der Waals surface area contributed by atoms with Gasteiger partial charge in [-0.3, -0.25) is 4.79 Å². The van der Waals surface area contributed by atoms with Crippen LogP contribution >= 0.6 is 0 Å². The summed E-state index contributed by atoms with van der Waals surface area (Å²) in [6, 6.07) is 5.91. The number of nitrogens with one attached hydrogen (secondary N) is 1. The van der Waals surface area contributed by atoms with Crippen LogP contribution in [0.1, 0.15) is 5.56 Å². The molecule has 1 aromatic carbocycles. The van der Waals surface area contributed by atoms with Gasteiger partial charge in [-0.15, -0.1) is 0 Å². The molecule has 0 aliphatic rings. The topological polar surface area (TPSA) is 58.6 Å². The van der Waals surface area contributed by atoms with Gasteiger partial charge in [0.05, 0.1) is 12.7 Å². The third kappa shape index (κ3) is 5.56. The van der Waals surface area contributed by atoms with Crippen LogP contribution in [0.5, 0.6) is 0 Å². The molecule has 4 nitrogen and oxygen atoms in total. The van der Waals surface area contributed by atoms with E-state index in [4.69, 9.17) is 4.74 Å². The van der Waals surface area contributed by atoms with E-state index in [9.17, 15) is 14.3 Å². The molecule has 1 amide bonds. The highest BCUT2D eigenvalue weighted by atomic mass is 19.1. The van der Waals surface area contributed by atoms with Gasteiger partial charge >= 0.3 is 0 Å². The van der Waals surface area contributed by atoms with Gasteiger partial charge in [-0.05, 0) is 23.8 Å². The molecular formula is C13H16FNO3. The SMILES string of the molecule is COCC(O)CNC(=O)/C=C/c1cccc(F)c1. The Hall–Kier alpha value is -1.72. The van der Waals surface area contributed by atoms with Crippen molar-refractivity contribution >= 4 is 12.0 Å². The maximum absolute atomic E-state index is 12.8. The summed E-state index contributed by atoms with van der Waals surface area (Å²) >= 11 is 0. The fourth-order valence-corrected chi connectivity index (χ4v) is 1.31. The zero-order valence-electron chi connectivity index (χ0n) is 10.1. The lowest BCUT2D eigenvalue weighted by Crippen LogP contribution is -2.33. The molecule has 0 radical (unpaired) electrons. The van der Waals surface area contributed by atoms with E-state index in [0.29, 0.717) is 5.56 Å². The van der Waals surface area contributed by atoms with E-state index in [2.05, 4.69) is 5.32 Å². The van der Waals surface area contributed by atoms with Crippen molar-refractivity contribution < 1.29 is 19.0 Å². The van der Waals surface area contributed by atoms with Crippen molar-refractivity contribution in [1.29, 1.82) is 0 Å². The number of aliphatic hydroxyl groups is 1. The number of hydrogen-bond acceptors (Lipinski definition) is 3. The van der Waals surface area contributed by atoms with Gasteiger partial charge in [0.15, 0.2) is 0 Å². The summed E-state index contributed by atoms with van der Waals surface area (Å²) in [5.74, 6) is -0.706. The molecule has 0 fully saturated rings. The van der Waals surface area contributed by atoms with E-state index in [1.165, 1.54) is 31.4 Å². The zero-order valence-corrected chi connectivity index (χ0v) is 10.1. The maximum atomic E-state index is 12.8. The minimum Gasteiger partial charge on any atom is -0.389 e. The number of aliphatic hydroxyl groups excluding tert-OH is 1. The molecule has 0 saturated carbocycles. The smallest absolute Gasteiger partial charge is 0.244 e. The quantitative estimate of drug-likeness (QED) is 0.742. The van der Waals surface area contributed by atoms with Crippen LogP contribution in [0.3, 0.4) is 0 Å². The standard InChI is InChI=1S/C13H16FNO3/c1-18-9-12(16)8-15-13(17)6-5-10-3-2-4-11(14)7-10/h2-7,12,16H,8-9H2,1H3,(H,15,17)/b6-5+. The first-order valence-corrected chi connectivity index (χ1v) is 5.50. The van der Waals surface area contributed by atoms with Crippen LogP contribution in [0, 0.1) is 5.82 Å². The number of hydrogen-bond donors (Lipinski definition) is 2. The summed E-state index contributed by atoms with van der Waals surface area (Å²) in [5, 5.41) is 11.8. The first-order valence-electron chi connectivity index (χ1n) is 5.50. The molecule has 1 atom stereocenters. The molecule has 0 bridgehead atoms. The number of ether oxygens (including phenoxy) is 1. The predicted octanol–water partition coefficient (Wildman–Crippen LogP) is 0.962. The highest BCUT2D eigenvalue weighted by Gasteiger charge is 2.04. The van der Waals surface area contributed by atoms with Crippen LogP contribution in [0.25, 0.3) is 6.08 Å². The van der Waals surface area contributed by atoms with E-state index < -0.39 is 6.10 Å². The zero-order chi connectivity index (χ0) is 13.4. The van der Waals surface area contributed by atoms with Gasteiger partial charge in [-0.1, -0.05) is 12.1 Å². The number of methoxy groups -OCH3 is 1. The van der Waals surface area contributed by atoms with Gasteiger partial charge in [0, 0.05) is 19.7 Å². The molecule has 0 aliphatic carbocycles. The van der Waals surface area contributed by atoms with Crippen molar-refractivity contribution in [2.24, 2.45) is 0 Å². The lowest BCUT2D eigenvalue weighted by atomic mass is 10.2. The van der Waals surface area contributed by atoms with E-state index in [-0.39, 0.29) is 24.9 Å². The molecule has 18 heavy (non-hydrogen) atoms. The van der Waals surface area contributed by atoms with E-state index >= 15 is 0 Å². The van der Waals surface area contributed by atoms with Crippen molar-refractivity contribution in [2.45, 2.75) is 6.10 Å². The summed E-state index contributed by atoms with van der Waals surface area (Å²) < 4.78 is 17.6. The second-order valence-electron chi connectivity index (χ2n) is 3.74. The van der Waals surface area contributed by atoms with Gasteiger partial charge in [0.1, 0.15) is 5.82 Å². The Morgan fingerprint density at radius 1 is 1.61 bits per heavy atom. The Balaban J connectivity index is 2.40. The molecule has 0 spiro atoms. The Morgan fingerprint density at radius 3 is 3.06 bits per heavy atom. The Morgan fingerprint density at radius 2 is 2.39 bits per heavy atom. The second kappa shape index (κ2) is 7.58. The van der Waals surface area contributed by atoms with Crippen molar-refractivity contribution in [1.82, 2.24) is 5.32 Å². The molecule has 5 heteroatoms. The average molecular weight is 253 g/mol. The van der Waals surface area contributed by atoms with Gasteiger partial charge in [-0.25, -0.2) is 4.39 Å². The Kier molecular flexibility index (Phi) is 6.04. The third-order valence-corrected chi connectivity index (χ3v) is 2.15. The van der Waals surface area contributed by atoms with Crippen molar-refractivity contribution in [3.8, 4) is 0 Å². The summed E-state index contributed by atoms with van der Waals surface area (Å²) in [6.07, 6.45) is 2.05. The average Bonchev–Trinajstić information content (AvgIpc) is 2.34. The lowest BCUT2D eigenvalue weighted by Gasteiger charge is -2.08. The number of rotatable bonds is 6. The van der Waals surface area contributed by atoms with Gasteiger partial charge < -0.3 is 15.2 Å². The molecule has 0 aromatic heterocycles. The number of carbonyl (C=O) groups is 1. The monoisotopic (exact) mass is 253 g/mol. The van der Waals surface area contributed by atoms with Crippen molar-refractivity contribution in [3.05, 3.63) is 41.7 Å². The van der Waals surface area contributed by atoms with Crippen molar-refractivity contribution in [2.75, 3.05) is 20.3 Å². The number of amides is 1. The predicted molar refractivity (Wildman–Crippen MR) is 66.3 cm³/mol. The summed E-state index contributed by atoms with van der Waals surface area (Å²) in [6.45, 7) is 0.272. The minimum atomic E-state index is -0.735. The second-order valence-corrected chi connectivity index (χ2v) is 3.74. The largest absolute Gasteiger partial charge is 0.389 e. The number of carbonyl (C=O) groups excluding carboxylic acids is 1. The molecular weight excluding hydrogens is 237 g/mol. The van der Waals surface area contributed by atoms with E-state index in [1.54, 1.807) is 12.1 Å². The third-order valence-electron chi connectivity index (χ3n) is 2.15. The Labute approximate surface area is 105 Å². The molecule has 0 saturated heterocycles. The van der Waals surface area contributed by atoms with Crippen LogP contribution in [-0.4, -0.2) is 37.4 Å². The summed E-state index contributed by atoms with van der Waals surface area (Å²) in [4.78, 5) is 11.4. The fraction of sp³-hybridized carbons (Fsp3) is 0.308. The van der Waals surface area contributed by atoms with E-state index in [1.807, 2.05) is 0 Å². The number of benzene rings is 1. The molecule has 1 aromatic rings. The normalized spacial score (nSPS) is 12.6. The molecule has 0 heterocycles. The molecule has 2 N–H and O–H groups in total. The molecule has 98 valence electrons. The van der Waals surface area contributed by atoms with Crippen LogP contribution in [-0.2, 0) is 9.53 Å². The highest BCUT2D eigenvalue weighted by molar-refractivity contribution is 5.91. The van der Waals surface area contributed by atoms with Crippen LogP contribution in [0.4, 0.5) is 4.39 Å².